The van der Waals surface area contributed by atoms with E-state index in [1.807, 2.05) is 19.1 Å². The largest absolute Gasteiger partial charge is 0.480 e. The molecule has 0 aliphatic carbocycles. The predicted octanol–water partition coefficient (Wildman–Crippen LogP) is 1.60. The Kier molecular flexibility index (Phi) is 6.52. The van der Waals surface area contributed by atoms with Crippen molar-refractivity contribution in [2.24, 2.45) is 0 Å². The van der Waals surface area contributed by atoms with Crippen LogP contribution in [0, 0.1) is 0 Å². The quantitative estimate of drug-likeness (QED) is 0.609. The molecular formula is C14H20N2O4. The molecular weight excluding hydrogens is 260 g/mol. The maximum Gasteiger partial charge on any atom is 0.326 e. The number of benzene rings is 1. The summed E-state index contributed by atoms with van der Waals surface area (Å²) in [4.78, 5) is 22.7. The van der Waals surface area contributed by atoms with E-state index in [1.54, 1.807) is 12.1 Å². The molecule has 1 aromatic carbocycles. The molecule has 0 aliphatic heterocycles. The molecule has 0 heterocycles. The van der Waals surface area contributed by atoms with Crippen molar-refractivity contribution in [2.45, 2.75) is 32.2 Å². The fourth-order valence-electron chi connectivity index (χ4n) is 1.83. The van der Waals surface area contributed by atoms with E-state index in [1.165, 1.54) is 0 Å². The second kappa shape index (κ2) is 8.16. The number of nitrogens with one attached hydrogen (secondary N) is 2. The second-order valence-corrected chi connectivity index (χ2v) is 4.41. The molecule has 1 atom stereocenters. The zero-order valence-electron chi connectivity index (χ0n) is 11.4. The maximum absolute atomic E-state index is 11.8. The Morgan fingerprint density at radius 2 is 2.00 bits per heavy atom. The summed E-state index contributed by atoms with van der Waals surface area (Å²) in [5, 5.41) is 22.6. The van der Waals surface area contributed by atoms with Crippen LogP contribution in [0.4, 0.5) is 10.5 Å². The fraction of sp³-hybridized carbons (Fsp3) is 0.429. The number of aliphatic carboxylic acids is 1. The Hall–Kier alpha value is -2.08. The predicted molar refractivity (Wildman–Crippen MR) is 75.7 cm³/mol. The van der Waals surface area contributed by atoms with Crippen LogP contribution in [0.5, 0.6) is 0 Å². The number of urea groups is 1. The van der Waals surface area contributed by atoms with Gasteiger partial charge < -0.3 is 20.8 Å². The van der Waals surface area contributed by atoms with E-state index in [0.717, 1.165) is 18.4 Å². The van der Waals surface area contributed by atoms with E-state index in [4.69, 9.17) is 10.2 Å². The molecule has 4 N–H and O–H groups in total. The van der Waals surface area contributed by atoms with Gasteiger partial charge in [-0.3, -0.25) is 0 Å². The van der Waals surface area contributed by atoms with Crippen molar-refractivity contribution < 1.29 is 19.8 Å². The van der Waals surface area contributed by atoms with Gasteiger partial charge >= 0.3 is 12.0 Å². The average molecular weight is 280 g/mol. The molecule has 1 rings (SSSR count). The summed E-state index contributed by atoms with van der Waals surface area (Å²) in [5.41, 5.74) is 1.67. The highest BCUT2D eigenvalue weighted by molar-refractivity contribution is 5.92. The number of aryl methyl sites for hydroxylation is 1. The SMILES string of the molecule is CCCc1ccccc1NC(=O)N[C@H](CCO)C(=O)O. The highest BCUT2D eigenvalue weighted by atomic mass is 16.4. The highest BCUT2D eigenvalue weighted by Crippen LogP contribution is 2.16. The molecule has 0 fully saturated rings. The number of carbonyl (C=O) groups is 2. The van der Waals surface area contributed by atoms with Gasteiger partial charge in [0.25, 0.3) is 0 Å². The number of carboxylic acid groups (broad SMARTS) is 1. The third-order valence-electron chi connectivity index (χ3n) is 2.81. The number of anilines is 1. The van der Waals surface area contributed by atoms with Gasteiger partial charge in [-0.15, -0.1) is 0 Å². The minimum absolute atomic E-state index is 0.0284. The first-order valence-electron chi connectivity index (χ1n) is 6.57. The molecule has 1 aromatic rings. The van der Waals surface area contributed by atoms with Crippen molar-refractivity contribution in [3.8, 4) is 0 Å². The Morgan fingerprint density at radius 1 is 1.30 bits per heavy atom. The summed E-state index contributed by atoms with van der Waals surface area (Å²) in [6, 6.07) is 5.69. The Labute approximate surface area is 117 Å². The van der Waals surface area contributed by atoms with Gasteiger partial charge in [-0.05, 0) is 18.1 Å². The average Bonchev–Trinajstić information content (AvgIpc) is 2.40. The van der Waals surface area contributed by atoms with Crippen molar-refractivity contribution in [1.82, 2.24) is 5.32 Å². The molecule has 2 amide bonds. The smallest absolute Gasteiger partial charge is 0.326 e. The number of para-hydroxylation sites is 1. The van der Waals surface area contributed by atoms with Gasteiger partial charge in [0, 0.05) is 18.7 Å². The van der Waals surface area contributed by atoms with E-state index in [0.29, 0.717) is 5.69 Å². The standard InChI is InChI=1S/C14H20N2O4/c1-2-5-10-6-3-4-7-11(10)15-14(20)16-12(8-9-17)13(18)19/h3-4,6-7,12,17H,2,5,8-9H2,1H3,(H,18,19)(H2,15,16,20)/t12-/m1/s1. The van der Waals surface area contributed by atoms with Gasteiger partial charge in [-0.25, -0.2) is 9.59 Å². The molecule has 0 bridgehead atoms. The van der Waals surface area contributed by atoms with Gasteiger partial charge in [0.2, 0.25) is 0 Å². The van der Waals surface area contributed by atoms with Gasteiger partial charge in [-0.1, -0.05) is 31.5 Å². The van der Waals surface area contributed by atoms with E-state index in [2.05, 4.69) is 10.6 Å². The van der Waals surface area contributed by atoms with Crippen LogP contribution in [0.2, 0.25) is 0 Å². The first kappa shape index (κ1) is 16.0. The number of carboxylic acids is 1. The van der Waals surface area contributed by atoms with Gasteiger partial charge in [0.1, 0.15) is 6.04 Å². The summed E-state index contributed by atoms with van der Waals surface area (Å²) < 4.78 is 0. The lowest BCUT2D eigenvalue weighted by Gasteiger charge is -2.15. The van der Waals surface area contributed by atoms with E-state index in [9.17, 15) is 9.59 Å². The van der Waals surface area contributed by atoms with E-state index in [-0.39, 0.29) is 13.0 Å². The van der Waals surface area contributed by atoms with E-state index >= 15 is 0 Å². The molecule has 0 spiro atoms. The number of amides is 2. The maximum atomic E-state index is 11.8. The minimum Gasteiger partial charge on any atom is -0.480 e. The number of hydrogen-bond donors (Lipinski definition) is 4. The van der Waals surface area contributed by atoms with Crippen molar-refractivity contribution >= 4 is 17.7 Å². The van der Waals surface area contributed by atoms with Gasteiger partial charge in [-0.2, -0.15) is 0 Å². The molecule has 6 heteroatoms. The molecule has 6 nitrogen and oxygen atoms in total. The second-order valence-electron chi connectivity index (χ2n) is 4.41. The number of carbonyl (C=O) groups excluding carboxylic acids is 1. The molecule has 0 saturated carbocycles. The lowest BCUT2D eigenvalue weighted by Crippen LogP contribution is -2.43. The van der Waals surface area contributed by atoms with Crippen LogP contribution in [0.3, 0.4) is 0 Å². The number of rotatable bonds is 7. The van der Waals surface area contributed by atoms with Crippen LogP contribution in [0.25, 0.3) is 0 Å². The first-order chi connectivity index (χ1) is 9.58. The molecule has 0 unspecified atom stereocenters. The lowest BCUT2D eigenvalue weighted by molar-refractivity contribution is -0.139. The fourth-order valence-corrected chi connectivity index (χ4v) is 1.83. The van der Waals surface area contributed by atoms with Crippen LogP contribution in [0.1, 0.15) is 25.3 Å². The minimum atomic E-state index is -1.17. The van der Waals surface area contributed by atoms with Crippen LogP contribution in [-0.4, -0.2) is 34.9 Å². The van der Waals surface area contributed by atoms with Crippen molar-refractivity contribution in [3.63, 3.8) is 0 Å². The van der Waals surface area contributed by atoms with Crippen molar-refractivity contribution in [2.75, 3.05) is 11.9 Å². The first-order valence-corrected chi connectivity index (χ1v) is 6.57. The summed E-state index contributed by atoms with van der Waals surface area (Å²) in [7, 11) is 0. The highest BCUT2D eigenvalue weighted by Gasteiger charge is 2.19. The topological polar surface area (TPSA) is 98.7 Å². The Bertz CT molecular complexity index is 462. The Balaban J connectivity index is 2.68. The third kappa shape index (κ3) is 4.89. The van der Waals surface area contributed by atoms with E-state index < -0.39 is 18.0 Å². The molecule has 0 aromatic heterocycles. The molecule has 0 saturated heterocycles. The monoisotopic (exact) mass is 280 g/mol. The molecule has 0 radical (unpaired) electrons. The molecule has 20 heavy (non-hydrogen) atoms. The van der Waals surface area contributed by atoms with Crippen molar-refractivity contribution in [3.05, 3.63) is 29.8 Å². The molecule has 110 valence electrons. The van der Waals surface area contributed by atoms with Gasteiger partial charge in [0.15, 0.2) is 0 Å². The summed E-state index contributed by atoms with van der Waals surface area (Å²) in [6.45, 7) is 1.74. The zero-order chi connectivity index (χ0) is 15.0. The van der Waals surface area contributed by atoms with Crippen molar-refractivity contribution in [1.29, 1.82) is 0 Å². The summed E-state index contributed by atoms with van der Waals surface area (Å²) in [5.74, 6) is -1.17. The van der Waals surface area contributed by atoms with Crippen LogP contribution < -0.4 is 10.6 Å². The zero-order valence-corrected chi connectivity index (χ0v) is 11.4. The lowest BCUT2D eigenvalue weighted by atomic mass is 10.1. The number of aliphatic hydroxyl groups excluding tert-OH is 1. The summed E-state index contributed by atoms with van der Waals surface area (Å²) in [6.07, 6.45) is 1.75. The normalized spacial score (nSPS) is 11.7. The molecule has 0 aliphatic rings. The van der Waals surface area contributed by atoms with Crippen LogP contribution >= 0.6 is 0 Å². The summed E-state index contributed by atoms with van der Waals surface area (Å²) >= 11 is 0. The van der Waals surface area contributed by atoms with Gasteiger partial charge in [0.05, 0.1) is 0 Å². The number of hydrogen-bond acceptors (Lipinski definition) is 3. The number of aliphatic hydroxyl groups is 1. The van der Waals surface area contributed by atoms with Crippen LogP contribution in [0.15, 0.2) is 24.3 Å². The Morgan fingerprint density at radius 3 is 2.60 bits per heavy atom. The third-order valence-corrected chi connectivity index (χ3v) is 2.81. The van der Waals surface area contributed by atoms with Crippen LogP contribution in [-0.2, 0) is 11.2 Å².